The number of rotatable bonds is 70. The topological polar surface area (TPSA) is 237 Å². The van der Waals surface area contributed by atoms with Gasteiger partial charge in [-0.1, -0.05) is 311 Å². The van der Waals surface area contributed by atoms with Gasteiger partial charge in [-0.25, -0.2) is 9.13 Å². The summed E-state index contributed by atoms with van der Waals surface area (Å²) in [4.78, 5) is 72.6. The minimum absolute atomic E-state index is 0.105. The van der Waals surface area contributed by atoms with Gasteiger partial charge in [0.05, 0.1) is 26.4 Å². The van der Waals surface area contributed by atoms with E-state index in [4.69, 9.17) is 37.0 Å². The van der Waals surface area contributed by atoms with E-state index in [9.17, 15) is 43.2 Å². The molecule has 0 bridgehead atoms. The van der Waals surface area contributed by atoms with E-state index in [0.717, 1.165) is 102 Å². The summed E-state index contributed by atoms with van der Waals surface area (Å²) in [6, 6.07) is 0. The maximum absolute atomic E-state index is 13.0. The van der Waals surface area contributed by atoms with Crippen LogP contribution in [0.3, 0.4) is 0 Å². The van der Waals surface area contributed by atoms with E-state index in [1.54, 1.807) is 0 Å². The molecule has 0 rings (SSSR count). The van der Waals surface area contributed by atoms with E-state index in [2.05, 4.69) is 41.5 Å². The first kappa shape index (κ1) is 88.1. The quantitative estimate of drug-likeness (QED) is 0.0222. The summed E-state index contributed by atoms with van der Waals surface area (Å²) in [6.45, 7) is 9.52. The van der Waals surface area contributed by atoms with E-state index in [1.165, 1.54) is 180 Å². The summed E-state index contributed by atoms with van der Waals surface area (Å²) in [6.07, 6.45) is 48.5. The second-order valence-electron chi connectivity index (χ2n) is 26.3. The molecule has 17 nitrogen and oxygen atoms in total. The zero-order valence-electron chi connectivity index (χ0n) is 58.4. The van der Waals surface area contributed by atoms with Gasteiger partial charge in [-0.3, -0.25) is 37.3 Å². The van der Waals surface area contributed by atoms with Gasteiger partial charge in [0.25, 0.3) is 0 Å². The minimum atomic E-state index is -4.95. The lowest BCUT2D eigenvalue weighted by Crippen LogP contribution is -2.30. The van der Waals surface area contributed by atoms with Gasteiger partial charge in [0.1, 0.15) is 19.3 Å². The van der Waals surface area contributed by atoms with E-state index in [0.29, 0.717) is 25.7 Å². The number of esters is 4. The van der Waals surface area contributed by atoms with Crippen molar-refractivity contribution in [2.75, 3.05) is 39.6 Å². The molecule has 3 N–H and O–H groups in total. The summed E-state index contributed by atoms with van der Waals surface area (Å²) in [5.74, 6) is -0.627. The number of carbonyl (C=O) groups excluding carboxylic acids is 4. The first-order chi connectivity index (χ1) is 43.4. The fraction of sp³-hybridized carbons (Fsp3) is 0.944. The number of hydrogen-bond donors (Lipinski definition) is 3. The van der Waals surface area contributed by atoms with Crippen molar-refractivity contribution in [1.82, 2.24) is 0 Å². The number of phosphoric ester groups is 2. The molecule has 0 saturated heterocycles. The Balaban J connectivity index is 5.25. The second-order valence-corrected chi connectivity index (χ2v) is 29.3. The lowest BCUT2D eigenvalue weighted by molar-refractivity contribution is -0.161. The normalized spacial score (nSPS) is 14.4. The van der Waals surface area contributed by atoms with Crippen molar-refractivity contribution < 1.29 is 80.2 Å². The van der Waals surface area contributed by atoms with Crippen molar-refractivity contribution in [3.05, 3.63) is 0 Å². The van der Waals surface area contributed by atoms with Crippen LogP contribution in [0.1, 0.15) is 363 Å². The molecule has 0 amide bonds. The monoisotopic (exact) mass is 1320 g/mol. The lowest BCUT2D eigenvalue weighted by Gasteiger charge is -2.21. The molecule has 0 aliphatic carbocycles. The van der Waals surface area contributed by atoms with Crippen LogP contribution in [0.5, 0.6) is 0 Å². The molecule has 6 atom stereocenters. The third-order valence-electron chi connectivity index (χ3n) is 16.8. The minimum Gasteiger partial charge on any atom is -0.462 e. The smallest absolute Gasteiger partial charge is 0.462 e. The molecule has 0 aromatic carbocycles. The average Bonchev–Trinajstić information content (AvgIpc) is 3.72. The molecule has 0 fully saturated rings. The fourth-order valence-electron chi connectivity index (χ4n) is 10.7. The predicted molar refractivity (Wildman–Crippen MR) is 363 cm³/mol. The van der Waals surface area contributed by atoms with Gasteiger partial charge in [0.15, 0.2) is 12.2 Å². The van der Waals surface area contributed by atoms with Gasteiger partial charge in [0.2, 0.25) is 0 Å². The van der Waals surface area contributed by atoms with Crippen LogP contribution in [0.4, 0.5) is 0 Å². The zero-order chi connectivity index (χ0) is 66.5. The van der Waals surface area contributed by atoms with Gasteiger partial charge in [0, 0.05) is 25.7 Å². The fourth-order valence-corrected chi connectivity index (χ4v) is 12.3. The van der Waals surface area contributed by atoms with E-state index in [-0.39, 0.29) is 25.7 Å². The third-order valence-corrected chi connectivity index (χ3v) is 18.7. The Morgan fingerprint density at radius 3 is 0.844 bits per heavy atom. The lowest BCUT2D eigenvalue weighted by atomic mass is 9.99. The van der Waals surface area contributed by atoms with Crippen LogP contribution in [-0.4, -0.2) is 96.7 Å². The van der Waals surface area contributed by atoms with Gasteiger partial charge in [-0.15, -0.1) is 0 Å². The van der Waals surface area contributed by atoms with E-state index < -0.39 is 97.5 Å². The molecule has 90 heavy (non-hydrogen) atoms. The van der Waals surface area contributed by atoms with Crippen molar-refractivity contribution in [3.63, 3.8) is 0 Å². The van der Waals surface area contributed by atoms with Crippen molar-refractivity contribution in [1.29, 1.82) is 0 Å². The number of carbonyl (C=O) groups is 4. The second kappa shape index (κ2) is 63.1. The summed E-state index contributed by atoms with van der Waals surface area (Å²) < 4.78 is 68.3. The van der Waals surface area contributed by atoms with E-state index >= 15 is 0 Å². The molecule has 0 heterocycles. The van der Waals surface area contributed by atoms with Gasteiger partial charge < -0.3 is 33.8 Å². The van der Waals surface area contributed by atoms with Crippen molar-refractivity contribution in [2.24, 2.45) is 11.8 Å². The molecule has 0 saturated carbocycles. The van der Waals surface area contributed by atoms with E-state index in [1.807, 2.05) is 0 Å². The van der Waals surface area contributed by atoms with Gasteiger partial charge in [-0.2, -0.15) is 0 Å². The van der Waals surface area contributed by atoms with Crippen LogP contribution in [0, 0.1) is 11.8 Å². The average molecular weight is 1330 g/mol. The van der Waals surface area contributed by atoms with Crippen LogP contribution in [0.25, 0.3) is 0 Å². The first-order valence-electron chi connectivity index (χ1n) is 37.0. The standard InChI is InChI=1S/C71H138O17P2/c1-7-10-12-14-16-18-20-21-22-23-24-26-28-37-43-49-55-70(75)87-66(60-82-69(74)54-48-42-36-32-30-34-40-46-52-64(6)9-3)61-85-89(77,78)83-57-65(72)58-84-90(79,80)86-62-67(88-71(76)56-50-44-38-31-29-33-39-45-51-63(4)5)59-81-68(73)53-47-41-35-27-25-19-17-15-13-11-8-2/h63-67,72H,7-62H2,1-6H3,(H,77,78)(H,79,80)/t64?,65-,66-,67-/m1/s1. The van der Waals surface area contributed by atoms with Crippen LogP contribution in [0.15, 0.2) is 0 Å². The highest BCUT2D eigenvalue weighted by molar-refractivity contribution is 7.47. The molecule has 0 spiro atoms. The Kier molecular flexibility index (Phi) is 61.8. The highest BCUT2D eigenvalue weighted by Gasteiger charge is 2.30. The Labute approximate surface area is 549 Å². The highest BCUT2D eigenvalue weighted by Crippen LogP contribution is 2.45. The highest BCUT2D eigenvalue weighted by atomic mass is 31.2. The van der Waals surface area contributed by atoms with Crippen molar-refractivity contribution in [2.45, 2.75) is 381 Å². The molecular weight excluding hydrogens is 1190 g/mol. The first-order valence-corrected chi connectivity index (χ1v) is 40.0. The molecule has 3 unspecified atom stereocenters. The number of phosphoric acid groups is 2. The third kappa shape index (κ3) is 63.5. The SMILES string of the molecule is CCCCCCCCCCCCCCCCCCC(=O)O[C@H](COC(=O)CCCCCCCCCCC(C)CC)COP(=O)(O)OC[C@@H](O)COP(=O)(O)OC[C@@H](COC(=O)CCCCCCCCCCCCC)OC(=O)CCCCCCCCCCC(C)C. The number of aliphatic hydroxyl groups is 1. The number of unbranched alkanes of at least 4 members (excludes halogenated alkanes) is 39. The molecule has 19 heteroatoms. The Morgan fingerprint density at radius 1 is 0.322 bits per heavy atom. The molecule has 534 valence electrons. The summed E-state index contributed by atoms with van der Waals surface area (Å²) in [7, 11) is -9.90. The summed E-state index contributed by atoms with van der Waals surface area (Å²) in [5, 5.41) is 10.6. The largest absolute Gasteiger partial charge is 0.472 e. The number of hydrogen-bond acceptors (Lipinski definition) is 15. The Morgan fingerprint density at radius 2 is 0.567 bits per heavy atom. The van der Waals surface area contributed by atoms with Crippen LogP contribution < -0.4 is 0 Å². The van der Waals surface area contributed by atoms with Crippen LogP contribution in [0.2, 0.25) is 0 Å². The Bertz CT molecular complexity index is 1750. The number of ether oxygens (including phenoxy) is 4. The maximum Gasteiger partial charge on any atom is 0.472 e. The maximum atomic E-state index is 13.0. The van der Waals surface area contributed by atoms with Crippen LogP contribution >= 0.6 is 15.6 Å². The molecule has 0 aromatic rings. The van der Waals surface area contributed by atoms with Gasteiger partial charge >= 0.3 is 39.5 Å². The number of aliphatic hydroxyl groups excluding tert-OH is 1. The van der Waals surface area contributed by atoms with Gasteiger partial charge in [-0.05, 0) is 37.5 Å². The van der Waals surface area contributed by atoms with Crippen LogP contribution in [-0.2, 0) is 65.4 Å². The molecule has 0 aromatic heterocycles. The summed E-state index contributed by atoms with van der Waals surface area (Å²) >= 11 is 0. The predicted octanol–water partition coefficient (Wildman–Crippen LogP) is 20.4. The zero-order valence-corrected chi connectivity index (χ0v) is 60.2. The summed E-state index contributed by atoms with van der Waals surface area (Å²) in [5.41, 5.74) is 0. The molecule has 0 aliphatic rings. The van der Waals surface area contributed by atoms with Crippen molar-refractivity contribution in [3.8, 4) is 0 Å². The van der Waals surface area contributed by atoms with Crippen molar-refractivity contribution >= 4 is 39.5 Å². The molecular formula is C71H138O17P2. The molecule has 0 aliphatic heterocycles. The molecule has 0 radical (unpaired) electrons. The Hall–Kier alpha value is -1.94.